The van der Waals surface area contributed by atoms with Gasteiger partial charge in [-0.25, -0.2) is 4.68 Å². The standard InChI is InChI=1S/C13H16N4O2/c1-8-11(12(14)15)13(17(2)16-8)19-10-6-4-5-9(7-10)18-3/h4-7H,1-3H3,(H3,14,15). The van der Waals surface area contributed by atoms with E-state index in [1.165, 1.54) is 0 Å². The third-order valence-electron chi connectivity index (χ3n) is 2.69. The van der Waals surface area contributed by atoms with Gasteiger partial charge in [-0.15, -0.1) is 0 Å². The molecule has 0 amide bonds. The highest BCUT2D eigenvalue weighted by Crippen LogP contribution is 2.28. The van der Waals surface area contributed by atoms with E-state index in [2.05, 4.69) is 5.10 Å². The average molecular weight is 260 g/mol. The molecule has 0 aliphatic rings. The predicted octanol–water partition coefficient (Wildman–Crippen LogP) is 1.81. The van der Waals surface area contributed by atoms with Crippen molar-refractivity contribution in [3.63, 3.8) is 0 Å². The molecular formula is C13H16N4O2. The molecule has 0 aliphatic heterocycles. The van der Waals surface area contributed by atoms with Crippen molar-refractivity contribution in [2.45, 2.75) is 6.92 Å². The number of methoxy groups -OCH3 is 1. The van der Waals surface area contributed by atoms with Crippen molar-refractivity contribution in [3.8, 4) is 17.4 Å². The van der Waals surface area contributed by atoms with Gasteiger partial charge in [0.15, 0.2) is 0 Å². The summed E-state index contributed by atoms with van der Waals surface area (Å²) in [5.41, 5.74) is 6.73. The number of benzene rings is 1. The highest BCUT2D eigenvalue weighted by atomic mass is 16.5. The van der Waals surface area contributed by atoms with Gasteiger partial charge in [0, 0.05) is 13.1 Å². The van der Waals surface area contributed by atoms with Crippen molar-refractivity contribution in [1.29, 1.82) is 5.41 Å². The third kappa shape index (κ3) is 2.52. The summed E-state index contributed by atoms with van der Waals surface area (Å²) in [5, 5.41) is 11.8. The lowest BCUT2D eigenvalue weighted by Crippen LogP contribution is -2.13. The lowest BCUT2D eigenvalue weighted by molar-refractivity contribution is 0.402. The van der Waals surface area contributed by atoms with Crippen LogP contribution in [0.1, 0.15) is 11.3 Å². The third-order valence-corrected chi connectivity index (χ3v) is 2.69. The minimum absolute atomic E-state index is 0.0662. The van der Waals surface area contributed by atoms with Crippen LogP contribution in [-0.2, 0) is 7.05 Å². The van der Waals surface area contributed by atoms with Crippen molar-refractivity contribution < 1.29 is 9.47 Å². The van der Waals surface area contributed by atoms with E-state index in [1.807, 2.05) is 12.1 Å². The molecule has 19 heavy (non-hydrogen) atoms. The summed E-state index contributed by atoms with van der Waals surface area (Å²) in [6.45, 7) is 1.79. The molecule has 1 heterocycles. The summed E-state index contributed by atoms with van der Waals surface area (Å²) in [4.78, 5) is 0. The molecule has 0 radical (unpaired) electrons. The van der Waals surface area contributed by atoms with Crippen molar-refractivity contribution in [2.24, 2.45) is 12.8 Å². The van der Waals surface area contributed by atoms with E-state index in [1.54, 1.807) is 37.9 Å². The van der Waals surface area contributed by atoms with Crippen LogP contribution in [0.15, 0.2) is 24.3 Å². The van der Waals surface area contributed by atoms with Crippen LogP contribution in [0.4, 0.5) is 0 Å². The minimum Gasteiger partial charge on any atom is -0.497 e. The minimum atomic E-state index is -0.0662. The van der Waals surface area contributed by atoms with E-state index in [4.69, 9.17) is 20.6 Å². The van der Waals surface area contributed by atoms with Gasteiger partial charge in [0.25, 0.3) is 0 Å². The zero-order chi connectivity index (χ0) is 14.0. The Balaban J connectivity index is 2.40. The number of hydrogen-bond donors (Lipinski definition) is 2. The Labute approximate surface area is 111 Å². The summed E-state index contributed by atoms with van der Waals surface area (Å²) >= 11 is 0. The van der Waals surface area contributed by atoms with Gasteiger partial charge >= 0.3 is 0 Å². The van der Waals surface area contributed by atoms with Crippen LogP contribution in [0.5, 0.6) is 17.4 Å². The molecule has 1 aromatic carbocycles. The lowest BCUT2D eigenvalue weighted by Gasteiger charge is -2.09. The zero-order valence-electron chi connectivity index (χ0n) is 11.1. The first-order valence-corrected chi connectivity index (χ1v) is 5.73. The molecule has 1 aromatic heterocycles. The first kappa shape index (κ1) is 12.9. The summed E-state index contributed by atoms with van der Waals surface area (Å²) in [6.07, 6.45) is 0. The molecular weight excluding hydrogens is 244 g/mol. The Kier molecular flexibility index (Phi) is 3.41. The number of nitrogens with one attached hydrogen (secondary N) is 1. The Morgan fingerprint density at radius 1 is 1.37 bits per heavy atom. The number of nitrogens with two attached hydrogens (primary N) is 1. The first-order valence-electron chi connectivity index (χ1n) is 5.73. The van der Waals surface area contributed by atoms with E-state index in [9.17, 15) is 0 Å². The Morgan fingerprint density at radius 2 is 2.05 bits per heavy atom. The largest absolute Gasteiger partial charge is 0.497 e. The molecule has 3 N–H and O–H groups in total. The van der Waals surface area contributed by atoms with Gasteiger partial charge in [-0.1, -0.05) is 6.07 Å². The number of nitrogen functional groups attached to an aromatic ring is 1. The SMILES string of the molecule is COc1cccc(Oc2c(C(=N)N)c(C)nn2C)c1. The van der Waals surface area contributed by atoms with Gasteiger partial charge < -0.3 is 15.2 Å². The average Bonchev–Trinajstić information content (AvgIpc) is 2.64. The molecule has 6 nitrogen and oxygen atoms in total. The van der Waals surface area contributed by atoms with E-state index in [-0.39, 0.29) is 5.84 Å². The van der Waals surface area contributed by atoms with Crippen molar-refractivity contribution in [3.05, 3.63) is 35.5 Å². The number of nitrogens with zero attached hydrogens (tertiary/aromatic N) is 2. The predicted molar refractivity (Wildman–Crippen MR) is 72.0 cm³/mol. The monoisotopic (exact) mass is 260 g/mol. The molecule has 2 rings (SSSR count). The van der Waals surface area contributed by atoms with Crippen LogP contribution >= 0.6 is 0 Å². The van der Waals surface area contributed by atoms with Crippen molar-refractivity contribution in [2.75, 3.05) is 7.11 Å². The first-order chi connectivity index (χ1) is 9.02. The topological polar surface area (TPSA) is 86.2 Å². The van der Waals surface area contributed by atoms with Crippen molar-refractivity contribution in [1.82, 2.24) is 9.78 Å². The highest BCUT2D eigenvalue weighted by Gasteiger charge is 2.18. The molecule has 0 saturated heterocycles. The fourth-order valence-electron chi connectivity index (χ4n) is 1.84. The fraction of sp³-hybridized carbons (Fsp3) is 0.231. The van der Waals surface area contributed by atoms with Gasteiger partial charge in [0.1, 0.15) is 22.9 Å². The molecule has 0 fully saturated rings. The lowest BCUT2D eigenvalue weighted by atomic mass is 10.2. The fourth-order valence-corrected chi connectivity index (χ4v) is 1.84. The van der Waals surface area contributed by atoms with Gasteiger partial charge in [-0.3, -0.25) is 5.41 Å². The summed E-state index contributed by atoms with van der Waals surface area (Å²) in [5.74, 6) is 1.67. The van der Waals surface area contributed by atoms with E-state index in [0.717, 1.165) is 0 Å². The molecule has 6 heteroatoms. The molecule has 0 unspecified atom stereocenters. The quantitative estimate of drug-likeness (QED) is 0.648. The smallest absolute Gasteiger partial charge is 0.228 e. The normalized spacial score (nSPS) is 10.3. The van der Waals surface area contributed by atoms with Crippen LogP contribution in [0, 0.1) is 12.3 Å². The van der Waals surface area contributed by atoms with E-state index >= 15 is 0 Å². The molecule has 0 bridgehead atoms. The number of amidine groups is 1. The van der Waals surface area contributed by atoms with Crippen LogP contribution < -0.4 is 15.2 Å². The molecule has 0 aliphatic carbocycles. The van der Waals surface area contributed by atoms with Gasteiger partial charge in [0.2, 0.25) is 5.88 Å². The van der Waals surface area contributed by atoms with Gasteiger partial charge in [-0.2, -0.15) is 5.10 Å². The Hall–Kier alpha value is -2.50. The number of ether oxygens (including phenoxy) is 2. The number of aryl methyl sites for hydroxylation is 2. The van der Waals surface area contributed by atoms with Crippen LogP contribution in [0.2, 0.25) is 0 Å². The highest BCUT2D eigenvalue weighted by molar-refractivity contribution is 5.98. The van der Waals surface area contributed by atoms with Gasteiger partial charge in [-0.05, 0) is 19.1 Å². The summed E-state index contributed by atoms with van der Waals surface area (Å²) in [7, 11) is 3.34. The second-order valence-electron chi connectivity index (χ2n) is 4.08. The maximum Gasteiger partial charge on any atom is 0.228 e. The maximum atomic E-state index is 7.59. The second-order valence-corrected chi connectivity index (χ2v) is 4.08. The molecule has 0 spiro atoms. The van der Waals surface area contributed by atoms with Crippen LogP contribution in [0.3, 0.4) is 0 Å². The Bertz CT molecular complexity index is 619. The number of rotatable bonds is 4. The molecule has 2 aromatic rings. The number of hydrogen-bond acceptors (Lipinski definition) is 4. The van der Waals surface area contributed by atoms with Crippen molar-refractivity contribution >= 4 is 5.84 Å². The maximum absolute atomic E-state index is 7.59. The summed E-state index contributed by atoms with van der Waals surface area (Å²) < 4.78 is 12.5. The zero-order valence-corrected chi connectivity index (χ0v) is 11.1. The van der Waals surface area contributed by atoms with Gasteiger partial charge in [0.05, 0.1) is 12.8 Å². The molecule has 100 valence electrons. The van der Waals surface area contributed by atoms with Crippen LogP contribution in [-0.4, -0.2) is 22.7 Å². The molecule has 0 atom stereocenters. The van der Waals surface area contributed by atoms with E-state index in [0.29, 0.717) is 28.6 Å². The number of aromatic nitrogens is 2. The van der Waals surface area contributed by atoms with Crippen LogP contribution in [0.25, 0.3) is 0 Å². The summed E-state index contributed by atoms with van der Waals surface area (Å²) in [6, 6.07) is 7.21. The Morgan fingerprint density at radius 3 is 2.68 bits per heavy atom. The van der Waals surface area contributed by atoms with E-state index < -0.39 is 0 Å². The molecule has 0 saturated carbocycles. The second kappa shape index (κ2) is 5.01.